The van der Waals surface area contributed by atoms with E-state index in [-0.39, 0.29) is 6.85 Å². The third kappa shape index (κ3) is 6.36. The van der Waals surface area contributed by atoms with E-state index < -0.39 is 10.0 Å². The van der Waals surface area contributed by atoms with Crippen molar-refractivity contribution >= 4 is 82.9 Å². The smallest absolute Gasteiger partial charge is 0.330 e. The first kappa shape index (κ1) is 41.1. The van der Waals surface area contributed by atoms with E-state index in [9.17, 15) is 0 Å². The van der Waals surface area contributed by atoms with Gasteiger partial charge in [-0.25, -0.2) is 0 Å². The number of hydrogen-bond donors (Lipinski definition) is 0. The predicted octanol–water partition coefficient (Wildman–Crippen LogP) is 14.9. The molecule has 0 radical (unpaired) electrons. The molecule has 13 aromatic rings. The monoisotopic (exact) mass is 925 g/mol. The van der Waals surface area contributed by atoms with Crippen LogP contribution >= 0.6 is 10.0 Å². The standard InChI is InChI=1S/C64H44BN5S/c1-5-23-45(24-6-1)65-56-36-18-13-31-50(56)51-32-17-22-40-60(51)70(65)63-44-62(68-57-37-19-14-33-52(57)53-34-15-20-38-58(53)68)66-64(67-63)69-59-39-21-16-35-54(59)55-42-41-49(43-61(55)69)71(46-25-7-2-8-26-46,47-27-9-3-10-28-47)48-29-11-4-12-30-48/h1-44H. The zero-order valence-electron chi connectivity index (χ0n) is 38.6. The van der Waals surface area contributed by atoms with E-state index in [1.54, 1.807) is 0 Å². The average molecular weight is 926 g/mol. The van der Waals surface area contributed by atoms with Crippen molar-refractivity contribution in [2.45, 2.75) is 19.6 Å². The summed E-state index contributed by atoms with van der Waals surface area (Å²) in [5.74, 6) is 2.17. The van der Waals surface area contributed by atoms with Crippen molar-refractivity contribution in [3.05, 3.63) is 267 Å². The highest BCUT2D eigenvalue weighted by Gasteiger charge is 2.39. The lowest BCUT2D eigenvalue weighted by molar-refractivity contribution is 0.944. The van der Waals surface area contributed by atoms with Crippen molar-refractivity contribution in [2.24, 2.45) is 0 Å². The molecular weight excluding hydrogens is 882 g/mol. The Balaban J connectivity index is 1.11. The Labute approximate surface area is 414 Å². The minimum atomic E-state index is -2.02. The molecule has 0 N–H and O–H groups in total. The summed E-state index contributed by atoms with van der Waals surface area (Å²) < 4.78 is 4.65. The Kier molecular flexibility index (Phi) is 9.64. The van der Waals surface area contributed by atoms with Gasteiger partial charge in [-0.15, -0.1) is 10.0 Å². The average Bonchev–Trinajstić information content (AvgIpc) is 3.97. The maximum atomic E-state index is 5.85. The summed E-state index contributed by atoms with van der Waals surface area (Å²) in [6.07, 6.45) is 0. The van der Waals surface area contributed by atoms with Crippen molar-refractivity contribution in [1.82, 2.24) is 19.1 Å². The molecule has 0 atom stereocenters. The fourth-order valence-corrected chi connectivity index (χ4v) is 15.2. The van der Waals surface area contributed by atoms with Gasteiger partial charge in [0.25, 0.3) is 0 Å². The zero-order valence-corrected chi connectivity index (χ0v) is 39.4. The van der Waals surface area contributed by atoms with Crippen LogP contribution in [0.1, 0.15) is 0 Å². The highest BCUT2D eigenvalue weighted by molar-refractivity contribution is 8.34. The molecule has 0 aliphatic carbocycles. The van der Waals surface area contributed by atoms with Gasteiger partial charge in [0.05, 0.1) is 22.1 Å². The van der Waals surface area contributed by atoms with Gasteiger partial charge in [-0.05, 0) is 83.8 Å². The number of fused-ring (bicyclic) bond motifs is 9. The Hall–Kier alpha value is -8.91. The summed E-state index contributed by atoms with van der Waals surface area (Å²) >= 11 is 0. The lowest BCUT2D eigenvalue weighted by atomic mass is 9.46. The number of anilines is 2. The third-order valence-electron chi connectivity index (χ3n) is 14.3. The summed E-state index contributed by atoms with van der Waals surface area (Å²) in [6, 6.07) is 97.1. The van der Waals surface area contributed by atoms with Gasteiger partial charge < -0.3 is 4.81 Å². The second-order valence-corrected chi connectivity index (χ2v) is 21.2. The van der Waals surface area contributed by atoms with Gasteiger partial charge in [0.1, 0.15) is 11.6 Å². The van der Waals surface area contributed by atoms with Crippen LogP contribution in [0.4, 0.5) is 11.5 Å². The lowest BCUT2D eigenvalue weighted by Crippen LogP contribution is -2.57. The van der Waals surface area contributed by atoms with Crippen molar-refractivity contribution in [3.8, 4) is 22.9 Å². The van der Waals surface area contributed by atoms with Crippen LogP contribution in [0, 0.1) is 0 Å². The lowest BCUT2D eigenvalue weighted by Gasteiger charge is -2.42. The molecule has 14 rings (SSSR count). The molecule has 1 aliphatic rings. The van der Waals surface area contributed by atoms with Crippen LogP contribution in [0.25, 0.3) is 66.5 Å². The fourth-order valence-electron chi connectivity index (χ4n) is 11.4. The first-order valence-electron chi connectivity index (χ1n) is 24.2. The van der Waals surface area contributed by atoms with Crippen LogP contribution in [-0.2, 0) is 0 Å². The number of aromatic nitrogens is 4. The summed E-state index contributed by atoms with van der Waals surface area (Å²) in [5.41, 5.74) is 10.1. The molecule has 7 heteroatoms. The van der Waals surface area contributed by atoms with Crippen molar-refractivity contribution in [3.63, 3.8) is 0 Å². The highest BCUT2D eigenvalue weighted by atomic mass is 32.3. The van der Waals surface area contributed by atoms with E-state index in [0.717, 1.165) is 55.7 Å². The summed E-state index contributed by atoms with van der Waals surface area (Å²) in [5, 5.41) is 4.62. The van der Waals surface area contributed by atoms with Crippen LogP contribution in [0.2, 0.25) is 0 Å². The molecule has 0 fully saturated rings. The van der Waals surface area contributed by atoms with Crippen molar-refractivity contribution < 1.29 is 0 Å². The van der Waals surface area contributed by atoms with Gasteiger partial charge >= 0.3 is 6.85 Å². The first-order valence-corrected chi connectivity index (χ1v) is 25.8. The van der Waals surface area contributed by atoms with E-state index in [1.165, 1.54) is 46.8 Å². The molecule has 1 aliphatic heterocycles. The first-order chi connectivity index (χ1) is 35.3. The van der Waals surface area contributed by atoms with Gasteiger partial charge in [-0.1, -0.05) is 194 Å². The van der Waals surface area contributed by atoms with Gasteiger partial charge in [-0.3, -0.25) is 9.13 Å². The molecular formula is C64H44BN5S. The SMILES string of the molecule is c1ccc(B2c3ccccc3-c3ccccc3N2c2cc(-n3c4ccccc4c4ccccc43)nc(-n3c4ccccc4c4ccc(S(c5ccccc5)(c5ccccc5)c5ccccc5)cc43)n2)cc1. The maximum absolute atomic E-state index is 5.85. The number of hydrogen-bond acceptors (Lipinski definition) is 3. The molecule has 5 nitrogen and oxygen atoms in total. The van der Waals surface area contributed by atoms with Crippen LogP contribution in [0.5, 0.6) is 0 Å². The molecule has 0 amide bonds. The summed E-state index contributed by atoms with van der Waals surface area (Å²) in [7, 11) is -2.02. The van der Waals surface area contributed by atoms with Crippen LogP contribution in [0.3, 0.4) is 0 Å². The van der Waals surface area contributed by atoms with E-state index in [1.807, 2.05) is 0 Å². The molecule has 3 aromatic heterocycles. The van der Waals surface area contributed by atoms with Gasteiger partial charge in [-0.2, -0.15) is 9.97 Å². The highest BCUT2D eigenvalue weighted by Crippen LogP contribution is 2.73. The van der Waals surface area contributed by atoms with Crippen molar-refractivity contribution in [2.75, 3.05) is 4.81 Å². The largest absolute Gasteiger partial charge is 0.361 e. The molecule has 0 unspecified atom stereocenters. The van der Waals surface area contributed by atoms with Crippen LogP contribution < -0.4 is 15.7 Å². The number of benzene rings is 10. The molecule has 0 spiro atoms. The quantitative estimate of drug-likeness (QED) is 0.143. The van der Waals surface area contributed by atoms with Gasteiger partial charge in [0.2, 0.25) is 5.95 Å². The van der Waals surface area contributed by atoms with E-state index in [2.05, 4.69) is 281 Å². The van der Waals surface area contributed by atoms with Crippen LogP contribution in [0.15, 0.2) is 287 Å². The number of nitrogens with zero attached hydrogens (tertiary/aromatic N) is 5. The zero-order chi connectivity index (χ0) is 46.9. The fraction of sp³-hybridized carbons (Fsp3) is 0. The van der Waals surface area contributed by atoms with Crippen molar-refractivity contribution in [1.29, 1.82) is 0 Å². The third-order valence-corrected chi connectivity index (χ3v) is 18.2. The Morgan fingerprint density at radius 2 is 0.775 bits per heavy atom. The number of rotatable bonds is 8. The van der Waals surface area contributed by atoms with E-state index >= 15 is 0 Å². The molecule has 0 bridgehead atoms. The molecule has 0 saturated carbocycles. The molecule has 0 saturated heterocycles. The minimum absolute atomic E-state index is 0.187. The Morgan fingerprint density at radius 1 is 0.324 bits per heavy atom. The summed E-state index contributed by atoms with van der Waals surface area (Å²) in [4.78, 5) is 19.1. The van der Waals surface area contributed by atoms with E-state index in [4.69, 9.17) is 9.97 Å². The maximum Gasteiger partial charge on any atom is 0.330 e. The Morgan fingerprint density at radius 3 is 1.37 bits per heavy atom. The topological polar surface area (TPSA) is 38.9 Å². The van der Waals surface area contributed by atoms with Gasteiger partial charge in [0.15, 0.2) is 0 Å². The molecule has 334 valence electrons. The van der Waals surface area contributed by atoms with E-state index in [0.29, 0.717) is 5.95 Å². The van der Waals surface area contributed by atoms with Gasteiger partial charge in [0, 0.05) is 58.4 Å². The predicted molar refractivity (Wildman–Crippen MR) is 296 cm³/mol. The molecule has 71 heavy (non-hydrogen) atoms. The second-order valence-electron chi connectivity index (χ2n) is 18.1. The number of para-hydroxylation sites is 4. The minimum Gasteiger partial charge on any atom is -0.361 e. The summed E-state index contributed by atoms with van der Waals surface area (Å²) in [6.45, 7) is -0.187. The molecule has 10 aromatic carbocycles. The normalized spacial score (nSPS) is 12.7. The molecule has 4 heterocycles. The van der Waals surface area contributed by atoms with Crippen LogP contribution in [-0.4, -0.2) is 25.9 Å². The Bertz CT molecular complexity index is 3990. The second kappa shape index (κ2) is 16.7.